The van der Waals surface area contributed by atoms with Gasteiger partial charge in [0.05, 0.1) is 36.8 Å². The van der Waals surface area contributed by atoms with E-state index in [4.69, 9.17) is 9.26 Å². The van der Waals surface area contributed by atoms with E-state index in [2.05, 4.69) is 15.4 Å². The summed E-state index contributed by atoms with van der Waals surface area (Å²) in [7, 11) is 0. The first-order valence-corrected chi connectivity index (χ1v) is 7.47. The van der Waals surface area contributed by atoms with Crippen LogP contribution in [0.1, 0.15) is 46.0 Å². The summed E-state index contributed by atoms with van der Waals surface area (Å²) in [5.41, 5.74) is 3.21. The predicted octanol–water partition coefficient (Wildman–Crippen LogP) is 1.79. The summed E-state index contributed by atoms with van der Waals surface area (Å²) >= 11 is 0. The number of morpholine rings is 1. The van der Waals surface area contributed by atoms with Gasteiger partial charge in [0.2, 0.25) is 0 Å². The number of nitrogens with one attached hydrogen (secondary N) is 1. The van der Waals surface area contributed by atoms with Crippen molar-refractivity contribution in [2.75, 3.05) is 19.8 Å². The zero-order valence-corrected chi connectivity index (χ0v) is 13.0. The molecule has 0 saturated carbocycles. The van der Waals surface area contributed by atoms with E-state index in [0.29, 0.717) is 43.2 Å². The van der Waals surface area contributed by atoms with Gasteiger partial charge in [-0.25, -0.2) is 0 Å². The van der Waals surface area contributed by atoms with Gasteiger partial charge in [-0.3, -0.25) is 9.89 Å². The number of ether oxygens (including phenoxy) is 1. The molecule has 7 nitrogen and oxygen atoms in total. The Balaban J connectivity index is 1.95. The number of H-pyrrole nitrogens is 1. The molecule has 2 aromatic rings. The van der Waals surface area contributed by atoms with Gasteiger partial charge in [0.25, 0.3) is 5.91 Å². The largest absolute Gasteiger partial charge is 0.377 e. The van der Waals surface area contributed by atoms with Crippen molar-refractivity contribution >= 4 is 5.91 Å². The van der Waals surface area contributed by atoms with Gasteiger partial charge in [0.1, 0.15) is 11.3 Å². The Bertz CT molecular complexity index is 676. The van der Waals surface area contributed by atoms with E-state index >= 15 is 0 Å². The van der Waals surface area contributed by atoms with Gasteiger partial charge in [-0.15, -0.1) is 0 Å². The van der Waals surface area contributed by atoms with E-state index in [9.17, 15) is 4.79 Å². The first-order chi connectivity index (χ1) is 10.6. The number of carbonyl (C=O) groups is 1. The van der Waals surface area contributed by atoms with Crippen LogP contribution in [0.4, 0.5) is 0 Å². The summed E-state index contributed by atoms with van der Waals surface area (Å²) in [4.78, 5) is 14.8. The van der Waals surface area contributed by atoms with E-state index in [0.717, 1.165) is 11.3 Å². The van der Waals surface area contributed by atoms with Crippen LogP contribution in [0, 0.1) is 13.8 Å². The first-order valence-electron chi connectivity index (χ1n) is 7.47. The first kappa shape index (κ1) is 14.8. The Kier molecular flexibility index (Phi) is 3.98. The second kappa shape index (κ2) is 5.92. The van der Waals surface area contributed by atoms with Gasteiger partial charge in [0.15, 0.2) is 0 Å². The highest BCUT2D eigenvalue weighted by Crippen LogP contribution is 2.28. The molecule has 0 radical (unpaired) electrons. The van der Waals surface area contributed by atoms with Crippen LogP contribution in [0.25, 0.3) is 0 Å². The van der Waals surface area contributed by atoms with Crippen molar-refractivity contribution < 1.29 is 14.1 Å². The van der Waals surface area contributed by atoms with Gasteiger partial charge < -0.3 is 14.2 Å². The van der Waals surface area contributed by atoms with Gasteiger partial charge in [-0.2, -0.15) is 5.10 Å². The molecular formula is C15H20N4O3. The number of rotatable bonds is 3. The number of hydrogen-bond donors (Lipinski definition) is 1. The molecule has 3 rings (SSSR count). The summed E-state index contributed by atoms with van der Waals surface area (Å²) in [6, 6.07) is -0.164. The van der Waals surface area contributed by atoms with Gasteiger partial charge in [-0.05, 0) is 25.8 Å². The van der Waals surface area contributed by atoms with Gasteiger partial charge >= 0.3 is 0 Å². The Morgan fingerprint density at radius 3 is 3.00 bits per heavy atom. The molecule has 1 fully saturated rings. The van der Waals surface area contributed by atoms with Crippen LogP contribution in [-0.2, 0) is 11.2 Å². The molecule has 0 spiro atoms. The molecule has 1 saturated heterocycles. The average Bonchev–Trinajstić information content (AvgIpc) is 3.12. The van der Waals surface area contributed by atoms with E-state index < -0.39 is 0 Å². The van der Waals surface area contributed by atoms with Crippen LogP contribution < -0.4 is 0 Å². The van der Waals surface area contributed by atoms with Crippen molar-refractivity contribution in [2.24, 2.45) is 0 Å². The number of hydrogen-bond acceptors (Lipinski definition) is 5. The van der Waals surface area contributed by atoms with Crippen molar-refractivity contribution in [2.45, 2.75) is 33.2 Å². The Labute approximate surface area is 128 Å². The fraction of sp³-hybridized carbons (Fsp3) is 0.533. The van der Waals surface area contributed by atoms with Crippen molar-refractivity contribution in [1.29, 1.82) is 0 Å². The Morgan fingerprint density at radius 1 is 1.50 bits per heavy atom. The molecule has 1 N–H and O–H groups in total. The normalized spacial score (nSPS) is 18.7. The zero-order valence-electron chi connectivity index (χ0n) is 13.0. The maximum atomic E-state index is 13.0. The minimum Gasteiger partial charge on any atom is -0.377 e. The second-order valence-electron chi connectivity index (χ2n) is 5.47. The second-order valence-corrected chi connectivity index (χ2v) is 5.47. The average molecular weight is 304 g/mol. The van der Waals surface area contributed by atoms with Crippen LogP contribution in [0.2, 0.25) is 0 Å². The molecule has 0 aliphatic carbocycles. The lowest BCUT2D eigenvalue weighted by Gasteiger charge is -2.35. The third-order valence-electron chi connectivity index (χ3n) is 4.07. The molecule has 1 amide bonds. The molecule has 1 unspecified atom stereocenters. The zero-order chi connectivity index (χ0) is 15.7. The van der Waals surface area contributed by atoms with Crippen molar-refractivity contribution in [3.8, 4) is 0 Å². The maximum Gasteiger partial charge on any atom is 0.260 e. The van der Waals surface area contributed by atoms with Crippen LogP contribution in [-0.4, -0.2) is 45.9 Å². The van der Waals surface area contributed by atoms with Crippen LogP contribution >= 0.6 is 0 Å². The molecule has 0 aromatic carbocycles. The summed E-state index contributed by atoms with van der Waals surface area (Å²) < 4.78 is 10.8. The van der Waals surface area contributed by atoms with Crippen LogP contribution in [0.3, 0.4) is 0 Å². The maximum absolute atomic E-state index is 13.0. The number of carbonyl (C=O) groups excluding carboxylic acids is 1. The molecule has 1 atom stereocenters. The number of aromatic nitrogens is 3. The summed E-state index contributed by atoms with van der Waals surface area (Å²) in [6.07, 6.45) is 2.42. The van der Waals surface area contributed by atoms with Gasteiger partial charge in [-0.1, -0.05) is 12.1 Å². The monoisotopic (exact) mass is 304 g/mol. The summed E-state index contributed by atoms with van der Waals surface area (Å²) in [5.74, 6) is 0.506. The molecule has 1 aliphatic rings. The highest BCUT2D eigenvalue weighted by molar-refractivity contribution is 5.96. The fourth-order valence-corrected chi connectivity index (χ4v) is 2.86. The van der Waals surface area contributed by atoms with Crippen LogP contribution in [0.5, 0.6) is 0 Å². The Morgan fingerprint density at radius 2 is 2.32 bits per heavy atom. The topological polar surface area (TPSA) is 84.3 Å². The molecule has 7 heteroatoms. The lowest BCUT2D eigenvalue weighted by Crippen LogP contribution is -2.44. The highest BCUT2D eigenvalue weighted by Gasteiger charge is 2.34. The molecule has 3 heterocycles. The van der Waals surface area contributed by atoms with E-state index in [-0.39, 0.29) is 11.9 Å². The van der Waals surface area contributed by atoms with E-state index in [1.165, 1.54) is 0 Å². The van der Waals surface area contributed by atoms with Crippen molar-refractivity contribution in [1.82, 2.24) is 20.3 Å². The minimum atomic E-state index is -0.164. The number of aryl methyl sites for hydroxylation is 3. The molecule has 0 bridgehead atoms. The van der Waals surface area contributed by atoms with Crippen molar-refractivity contribution in [3.05, 3.63) is 34.5 Å². The van der Waals surface area contributed by atoms with Crippen molar-refractivity contribution in [3.63, 3.8) is 0 Å². The smallest absolute Gasteiger partial charge is 0.260 e. The SMILES string of the molecule is CCc1noc(C)c1C(=O)N1CCOCC1c1[nH]ncc1C. The molecule has 22 heavy (non-hydrogen) atoms. The lowest BCUT2D eigenvalue weighted by molar-refractivity contribution is -0.00421. The number of aromatic amines is 1. The minimum absolute atomic E-state index is 0.0575. The quantitative estimate of drug-likeness (QED) is 0.934. The van der Waals surface area contributed by atoms with Crippen LogP contribution in [0.15, 0.2) is 10.7 Å². The predicted molar refractivity (Wildman–Crippen MR) is 78.5 cm³/mol. The third kappa shape index (κ3) is 2.41. The summed E-state index contributed by atoms with van der Waals surface area (Å²) in [5, 5.41) is 11.0. The lowest BCUT2D eigenvalue weighted by atomic mass is 10.0. The Hall–Kier alpha value is -2.15. The highest BCUT2D eigenvalue weighted by atomic mass is 16.5. The van der Waals surface area contributed by atoms with E-state index in [1.807, 2.05) is 18.7 Å². The molecule has 2 aromatic heterocycles. The summed E-state index contributed by atoms with van der Waals surface area (Å²) in [6.45, 7) is 7.23. The fourth-order valence-electron chi connectivity index (χ4n) is 2.86. The molecule has 1 aliphatic heterocycles. The molecule has 118 valence electrons. The van der Waals surface area contributed by atoms with E-state index in [1.54, 1.807) is 13.1 Å². The molecular weight excluding hydrogens is 284 g/mol. The third-order valence-corrected chi connectivity index (χ3v) is 4.07. The number of amides is 1. The van der Waals surface area contributed by atoms with Gasteiger partial charge in [0, 0.05) is 6.54 Å². The standard InChI is InChI=1S/C15H20N4O3/c1-4-11-13(10(3)22-18-11)15(20)19-5-6-21-8-12(19)14-9(2)7-16-17-14/h7,12H,4-6,8H2,1-3H3,(H,16,17). The number of nitrogens with zero attached hydrogens (tertiary/aromatic N) is 3.